The Balaban J connectivity index is 0.00000121. The normalized spacial score (nSPS) is 9.25. The van der Waals surface area contributed by atoms with Gasteiger partial charge in [0, 0.05) is 7.05 Å². The van der Waals surface area contributed by atoms with Crippen LogP contribution in [-0.2, 0) is 7.05 Å². The third kappa shape index (κ3) is 1.92. The Labute approximate surface area is 90.3 Å². The summed E-state index contributed by atoms with van der Waals surface area (Å²) >= 11 is 3.02. The van der Waals surface area contributed by atoms with Crippen LogP contribution in [0.15, 0.2) is 4.60 Å². The third-order valence-corrected chi connectivity index (χ3v) is 2.02. The van der Waals surface area contributed by atoms with Crippen molar-refractivity contribution in [3.63, 3.8) is 0 Å². The van der Waals surface area contributed by atoms with Crippen LogP contribution in [0.25, 0.3) is 0 Å². The molecule has 1 heterocycles. The summed E-state index contributed by atoms with van der Waals surface area (Å²) in [7, 11) is 1.62. The van der Waals surface area contributed by atoms with E-state index < -0.39 is 5.97 Å². The Kier molecular flexibility index (Phi) is 4.04. The predicted molar refractivity (Wildman–Crippen MR) is 40.0 cm³/mol. The molecule has 0 aliphatic rings. The van der Waals surface area contributed by atoms with Gasteiger partial charge in [0.2, 0.25) is 0 Å². The van der Waals surface area contributed by atoms with E-state index in [0.29, 0.717) is 10.4 Å². The van der Waals surface area contributed by atoms with E-state index in [2.05, 4.69) is 20.9 Å². The Morgan fingerprint density at radius 1 is 1.67 bits per heavy atom. The van der Waals surface area contributed by atoms with Crippen molar-refractivity contribution in [2.75, 3.05) is 0 Å². The van der Waals surface area contributed by atoms with Gasteiger partial charge in [0.15, 0.2) is 0 Å². The molecule has 1 rings (SSSR count). The van der Waals surface area contributed by atoms with Gasteiger partial charge in [-0.25, -0.2) is 4.98 Å². The predicted octanol–water partition coefficient (Wildman–Crippen LogP) is -3.14. The zero-order valence-electron chi connectivity index (χ0n) is 7.09. The zero-order valence-corrected chi connectivity index (χ0v) is 8.67. The number of carboxylic acids is 1. The van der Waals surface area contributed by atoms with E-state index in [0.717, 1.165) is 0 Å². The standard InChI is InChI=1S/C6H7BrN2O2.Li/c1-3-8-5(7)4(6(10)11)9(3)2;/h1-2H3,(H,10,11);/q;+1/p-1. The molecule has 0 saturated carbocycles. The SMILES string of the molecule is Cc1nc(Br)c(C(=O)[O-])n1C.[Li+]. The molecule has 0 radical (unpaired) electrons. The van der Waals surface area contributed by atoms with Crippen LogP contribution in [0, 0.1) is 6.92 Å². The first-order valence-electron chi connectivity index (χ1n) is 2.94. The topological polar surface area (TPSA) is 57.9 Å². The summed E-state index contributed by atoms with van der Waals surface area (Å²) in [6.07, 6.45) is 0. The van der Waals surface area contributed by atoms with Crippen LogP contribution in [-0.4, -0.2) is 15.5 Å². The summed E-state index contributed by atoms with van der Waals surface area (Å²) in [5, 5.41) is 10.5. The second kappa shape index (κ2) is 4.12. The first-order chi connectivity index (χ1) is 5.04. The maximum atomic E-state index is 10.5. The molecule has 0 N–H and O–H groups in total. The zero-order chi connectivity index (χ0) is 8.59. The van der Waals surface area contributed by atoms with Crippen LogP contribution >= 0.6 is 15.9 Å². The molecule has 0 bridgehead atoms. The van der Waals surface area contributed by atoms with Gasteiger partial charge in [-0.05, 0) is 22.9 Å². The third-order valence-electron chi connectivity index (χ3n) is 1.47. The number of rotatable bonds is 1. The number of carbonyl (C=O) groups is 1. The number of imidazole rings is 1. The molecule has 6 heteroatoms. The summed E-state index contributed by atoms with van der Waals surface area (Å²) in [5.41, 5.74) is 0.0718. The second-order valence-electron chi connectivity index (χ2n) is 2.14. The molecule has 0 fully saturated rings. The van der Waals surface area contributed by atoms with Crippen molar-refractivity contribution in [3.05, 3.63) is 16.1 Å². The first kappa shape index (κ1) is 11.8. The number of aromatic carboxylic acids is 1. The van der Waals surface area contributed by atoms with E-state index in [-0.39, 0.29) is 24.6 Å². The molecule has 12 heavy (non-hydrogen) atoms. The molecular weight excluding hydrogens is 219 g/mol. The van der Waals surface area contributed by atoms with Crippen molar-refractivity contribution in [2.45, 2.75) is 6.92 Å². The van der Waals surface area contributed by atoms with Crippen LogP contribution in [0.5, 0.6) is 0 Å². The van der Waals surface area contributed by atoms with Crippen molar-refractivity contribution in [1.82, 2.24) is 9.55 Å². The number of nitrogens with zero attached hydrogens (tertiary/aromatic N) is 2. The molecule has 0 saturated heterocycles. The number of halogens is 1. The summed E-state index contributed by atoms with van der Waals surface area (Å²) < 4.78 is 1.77. The number of hydrogen-bond donors (Lipinski definition) is 0. The van der Waals surface area contributed by atoms with Gasteiger partial charge < -0.3 is 14.5 Å². The molecule has 0 aliphatic carbocycles. The van der Waals surface area contributed by atoms with Gasteiger partial charge in [-0.1, -0.05) is 0 Å². The summed E-state index contributed by atoms with van der Waals surface area (Å²) in [4.78, 5) is 14.3. The minimum Gasteiger partial charge on any atom is -0.543 e. The fraction of sp³-hybridized carbons (Fsp3) is 0.333. The van der Waals surface area contributed by atoms with E-state index >= 15 is 0 Å². The maximum absolute atomic E-state index is 10.5. The Hall–Kier alpha value is -0.243. The molecule has 4 nitrogen and oxygen atoms in total. The number of carboxylic acid groups (broad SMARTS) is 1. The molecule has 60 valence electrons. The Bertz CT molecular complexity index is 311. The van der Waals surface area contributed by atoms with E-state index in [9.17, 15) is 9.90 Å². The largest absolute Gasteiger partial charge is 1.00 e. The molecule has 0 aliphatic heterocycles. The molecule has 1 aromatic heterocycles. The van der Waals surface area contributed by atoms with E-state index in [1.807, 2.05) is 0 Å². The van der Waals surface area contributed by atoms with Crippen LogP contribution < -0.4 is 24.0 Å². The molecule has 0 spiro atoms. The average Bonchev–Trinajstić information content (AvgIpc) is 2.07. The minimum atomic E-state index is -1.22. The van der Waals surface area contributed by atoms with Gasteiger partial charge in [0.1, 0.15) is 10.4 Å². The van der Waals surface area contributed by atoms with Crippen molar-refractivity contribution in [3.8, 4) is 0 Å². The van der Waals surface area contributed by atoms with E-state index in [1.165, 1.54) is 4.57 Å². The second-order valence-corrected chi connectivity index (χ2v) is 2.90. The summed E-state index contributed by atoms with van der Waals surface area (Å²) in [6, 6.07) is 0. The Morgan fingerprint density at radius 2 is 2.17 bits per heavy atom. The fourth-order valence-electron chi connectivity index (χ4n) is 0.791. The molecule has 0 atom stereocenters. The van der Waals surface area contributed by atoms with Crippen LogP contribution in [0.1, 0.15) is 16.3 Å². The summed E-state index contributed by atoms with van der Waals surface area (Å²) in [6.45, 7) is 1.72. The summed E-state index contributed by atoms with van der Waals surface area (Å²) in [5.74, 6) is -0.587. The van der Waals surface area contributed by atoms with Gasteiger partial charge in [0.05, 0.1) is 11.7 Å². The van der Waals surface area contributed by atoms with Gasteiger partial charge >= 0.3 is 18.9 Å². The van der Waals surface area contributed by atoms with E-state index in [1.54, 1.807) is 14.0 Å². The number of aromatic nitrogens is 2. The molecular formula is C6H6BrLiN2O2. The van der Waals surface area contributed by atoms with Crippen molar-refractivity contribution in [2.24, 2.45) is 7.05 Å². The van der Waals surface area contributed by atoms with Crippen LogP contribution in [0.4, 0.5) is 0 Å². The smallest absolute Gasteiger partial charge is 0.543 e. The molecule has 0 aromatic carbocycles. The molecule has 0 amide bonds. The molecule has 1 aromatic rings. The number of aryl methyl sites for hydroxylation is 1. The first-order valence-corrected chi connectivity index (χ1v) is 3.73. The van der Waals surface area contributed by atoms with Gasteiger partial charge in [-0.3, -0.25) is 0 Å². The van der Waals surface area contributed by atoms with Crippen molar-refractivity contribution < 1.29 is 28.8 Å². The maximum Gasteiger partial charge on any atom is 1.00 e. The number of carbonyl (C=O) groups excluding carboxylic acids is 1. The average molecular weight is 225 g/mol. The molecule has 0 unspecified atom stereocenters. The van der Waals surface area contributed by atoms with Gasteiger partial charge in [0.25, 0.3) is 0 Å². The van der Waals surface area contributed by atoms with Crippen LogP contribution in [0.3, 0.4) is 0 Å². The Morgan fingerprint density at radius 3 is 2.33 bits per heavy atom. The van der Waals surface area contributed by atoms with Crippen LogP contribution in [0.2, 0.25) is 0 Å². The fourth-order valence-corrected chi connectivity index (χ4v) is 1.48. The van der Waals surface area contributed by atoms with Crippen molar-refractivity contribution in [1.29, 1.82) is 0 Å². The quantitative estimate of drug-likeness (QED) is 0.474. The number of hydrogen-bond acceptors (Lipinski definition) is 3. The van der Waals surface area contributed by atoms with E-state index in [4.69, 9.17) is 0 Å². The van der Waals surface area contributed by atoms with Crippen molar-refractivity contribution >= 4 is 21.9 Å². The van der Waals surface area contributed by atoms with Gasteiger partial charge in [-0.2, -0.15) is 0 Å². The monoisotopic (exact) mass is 224 g/mol. The minimum absolute atomic E-state index is 0. The van der Waals surface area contributed by atoms with Gasteiger partial charge in [-0.15, -0.1) is 0 Å².